The van der Waals surface area contributed by atoms with Gasteiger partial charge in [-0.15, -0.1) is 11.3 Å². The number of aryl methyl sites for hydroxylation is 2. The van der Waals surface area contributed by atoms with Gasteiger partial charge < -0.3 is 15.5 Å². The first kappa shape index (κ1) is 24.7. The van der Waals surface area contributed by atoms with E-state index in [1.165, 1.54) is 19.1 Å². The van der Waals surface area contributed by atoms with E-state index in [-0.39, 0.29) is 23.5 Å². The van der Waals surface area contributed by atoms with E-state index >= 15 is 0 Å². The Morgan fingerprint density at radius 1 is 1.17 bits per heavy atom. The molecule has 3 aromatic rings. The maximum Gasteiger partial charge on any atom is 0.245 e. The van der Waals surface area contributed by atoms with E-state index in [4.69, 9.17) is 4.98 Å². The van der Waals surface area contributed by atoms with E-state index in [0.717, 1.165) is 39.9 Å². The highest BCUT2D eigenvalue weighted by Gasteiger charge is 2.30. The molecule has 8 nitrogen and oxygen atoms in total. The minimum Gasteiger partial charge on any atom is -0.344 e. The summed E-state index contributed by atoms with van der Waals surface area (Å²) >= 11 is 1.57. The Morgan fingerprint density at radius 2 is 1.89 bits per heavy atom. The molecule has 2 N–H and O–H groups in total. The number of nitrogens with zero attached hydrogens (tertiary/aromatic N) is 4. The summed E-state index contributed by atoms with van der Waals surface area (Å²) in [5.41, 5.74) is 1.66. The van der Waals surface area contributed by atoms with Gasteiger partial charge in [0.15, 0.2) is 5.13 Å². The molecule has 10 heteroatoms. The molecule has 0 saturated carbocycles. The summed E-state index contributed by atoms with van der Waals surface area (Å²) in [6.07, 6.45) is 3.59. The normalized spacial score (nSPS) is 15.0. The molecule has 1 atom stereocenters. The molecule has 1 fully saturated rings. The molecule has 1 aromatic carbocycles. The minimum atomic E-state index is -0.692. The van der Waals surface area contributed by atoms with Gasteiger partial charge in [0.05, 0.1) is 0 Å². The molecule has 0 bridgehead atoms. The van der Waals surface area contributed by atoms with Crippen LogP contribution >= 0.6 is 11.3 Å². The number of hydrogen-bond acceptors (Lipinski definition) is 7. The van der Waals surface area contributed by atoms with Crippen LogP contribution < -0.4 is 10.6 Å². The summed E-state index contributed by atoms with van der Waals surface area (Å²) < 4.78 is 13.3. The monoisotopic (exact) mass is 496 g/mol. The molecule has 1 saturated heterocycles. The third-order valence-corrected chi connectivity index (χ3v) is 6.76. The van der Waals surface area contributed by atoms with Gasteiger partial charge in [-0.3, -0.25) is 9.59 Å². The Hall–Kier alpha value is -3.40. The van der Waals surface area contributed by atoms with Gasteiger partial charge in [-0.2, -0.15) is 0 Å². The second-order valence-corrected chi connectivity index (χ2v) is 10.1. The lowest BCUT2D eigenvalue weighted by atomic mass is 9.94. The zero-order chi connectivity index (χ0) is 24.9. The van der Waals surface area contributed by atoms with Gasteiger partial charge in [0.1, 0.15) is 23.5 Å². The summed E-state index contributed by atoms with van der Waals surface area (Å²) in [6.45, 7) is 6.44. The van der Waals surface area contributed by atoms with Crippen molar-refractivity contribution >= 4 is 34.1 Å². The molecular weight excluding hydrogens is 467 g/mol. The van der Waals surface area contributed by atoms with Gasteiger partial charge in [-0.1, -0.05) is 12.1 Å². The van der Waals surface area contributed by atoms with Crippen LogP contribution in [0, 0.1) is 19.7 Å². The molecule has 1 aliphatic heterocycles. The molecule has 0 unspecified atom stereocenters. The molecule has 2 aromatic heterocycles. The van der Waals surface area contributed by atoms with E-state index in [9.17, 15) is 14.0 Å². The van der Waals surface area contributed by atoms with Crippen molar-refractivity contribution in [3.8, 4) is 0 Å². The van der Waals surface area contributed by atoms with E-state index in [1.807, 2.05) is 26.1 Å². The van der Waals surface area contributed by atoms with Crippen molar-refractivity contribution in [2.75, 3.05) is 18.4 Å². The van der Waals surface area contributed by atoms with Crippen LogP contribution in [-0.2, 0) is 16.0 Å². The summed E-state index contributed by atoms with van der Waals surface area (Å²) in [7, 11) is 0. The molecule has 184 valence electrons. The second kappa shape index (κ2) is 10.9. The Balaban J connectivity index is 1.40. The Labute approximate surface area is 208 Å². The van der Waals surface area contributed by atoms with Crippen molar-refractivity contribution < 1.29 is 14.0 Å². The van der Waals surface area contributed by atoms with Crippen LogP contribution in [0.5, 0.6) is 0 Å². The van der Waals surface area contributed by atoms with E-state index in [2.05, 4.69) is 20.6 Å². The van der Waals surface area contributed by atoms with Gasteiger partial charge in [0, 0.05) is 55.2 Å². The zero-order valence-corrected chi connectivity index (χ0v) is 20.9. The van der Waals surface area contributed by atoms with Crippen LogP contribution in [0.4, 0.5) is 15.3 Å². The summed E-state index contributed by atoms with van der Waals surface area (Å²) in [6, 6.07) is 7.19. The number of aromatic nitrogens is 3. The Kier molecular flexibility index (Phi) is 7.70. The van der Waals surface area contributed by atoms with Crippen molar-refractivity contribution in [3.63, 3.8) is 0 Å². The van der Waals surface area contributed by atoms with Gasteiger partial charge >= 0.3 is 0 Å². The Morgan fingerprint density at radius 3 is 2.51 bits per heavy atom. The number of likely N-dealkylation sites (tertiary alicyclic amines) is 1. The molecule has 2 amide bonds. The topological polar surface area (TPSA) is 100 Å². The number of thiazole rings is 1. The lowest BCUT2D eigenvalue weighted by Gasteiger charge is -2.34. The van der Waals surface area contributed by atoms with Crippen LogP contribution in [0.2, 0.25) is 0 Å². The predicted molar refractivity (Wildman–Crippen MR) is 133 cm³/mol. The van der Waals surface area contributed by atoms with Gasteiger partial charge in [-0.25, -0.2) is 19.3 Å². The van der Waals surface area contributed by atoms with Crippen molar-refractivity contribution in [1.82, 2.24) is 25.2 Å². The quantitative estimate of drug-likeness (QED) is 0.515. The highest BCUT2D eigenvalue weighted by molar-refractivity contribution is 7.15. The molecule has 3 heterocycles. The number of benzene rings is 1. The van der Waals surface area contributed by atoms with Gasteiger partial charge in [-0.05, 0) is 44.4 Å². The number of amides is 2. The second-order valence-electron chi connectivity index (χ2n) is 8.84. The molecule has 1 aliphatic rings. The zero-order valence-electron chi connectivity index (χ0n) is 20.0. The summed E-state index contributed by atoms with van der Waals surface area (Å²) in [5, 5.41) is 6.81. The first-order chi connectivity index (χ1) is 16.8. The average Bonchev–Trinajstić information content (AvgIpc) is 3.23. The molecular formula is C25H29FN6O2S. The van der Waals surface area contributed by atoms with E-state index in [0.29, 0.717) is 25.3 Å². The van der Waals surface area contributed by atoms with Crippen molar-refractivity contribution in [2.45, 2.75) is 52.0 Å². The number of carbonyl (C=O) groups excluding carboxylic acids is 2. The average molecular weight is 497 g/mol. The largest absolute Gasteiger partial charge is 0.344 e. The molecule has 0 radical (unpaired) electrons. The Bertz CT molecular complexity index is 1190. The fourth-order valence-corrected chi connectivity index (χ4v) is 4.91. The van der Waals surface area contributed by atoms with Gasteiger partial charge in [0.2, 0.25) is 11.8 Å². The third-order valence-electron chi connectivity index (χ3n) is 5.93. The number of piperidine rings is 1. The first-order valence-electron chi connectivity index (χ1n) is 11.6. The maximum absolute atomic E-state index is 13.3. The van der Waals surface area contributed by atoms with Crippen molar-refractivity contribution in [2.24, 2.45) is 0 Å². The number of halogens is 1. The van der Waals surface area contributed by atoms with Crippen LogP contribution in [0.1, 0.15) is 47.6 Å². The number of hydrogen-bond donors (Lipinski definition) is 2. The molecule has 0 spiro atoms. The number of anilines is 2. The first-order valence-corrected chi connectivity index (χ1v) is 12.4. The third kappa shape index (κ3) is 6.60. The van der Waals surface area contributed by atoms with Crippen LogP contribution in [0.3, 0.4) is 0 Å². The lowest BCUT2D eigenvalue weighted by Crippen LogP contribution is -2.51. The molecule has 35 heavy (non-hydrogen) atoms. The van der Waals surface area contributed by atoms with Crippen LogP contribution in [-0.4, -0.2) is 50.8 Å². The van der Waals surface area contributed by atoms with Crippen molar-refractivity contribution in [1.29, 1.82) is 0 Å². The maximum atomic E-state index is 13.3. The summed E-state index contributed by atoms with van der Waals surface area (Å²) in [4.78, 5) is 41.6. The van der Waals surface area contributed by atoms with Crippen LogP contribution in [0.15, 0.2) is 36.5 Å². The van der Waals surface area contributed by atoms with Crippen molar-refractivity contribution in [3.05, 3.63) is 64.3 Å². The fourth-order valence-electron chi connectivity index (χ4n) is 4.24. The highest BCUT2D eigenvalue weighted by Crippen LogP contribution is 2.28. The van der Waals surface area contributed by atoms with Crippen LogP contribution in [0.25, 0.3) is 0 Å². The SMILES string of the molecule is CC(=O)N[C@H](Cc1ccc(F)cc1)C(=O)N1CCC(c2nc(C)cc(Nc3ncc(C)s3)n2)CC1. The van der Waals surface area contributed by atoms with E-state index in [1.54, 1.807) is 28.4 Å². The van der Waals surface area contributed by atoms with E-state index < -0.39 is 6.04 Å². The highest BCUT2D eigenvalue weighted by atomic mass is 32.1. The fraction of sp³-hybridized carbons (Fsp3) is 0.400. The predicted octanol–water partition coefficient (Wildman–Crippen LogP) is 3.89. The summed E-state index contributed by atoms with van der Waals surface area (Å²) in [5.74, 6) is 0.868. The molecule has 4 rings (SSSR count). The lowest BCUT2D eigenvalue weighted by molar-refractivity contribution is -0.137. The number of rotatable bonds is 7. The smallest absolute Gasteiger partial charge is 0.245 e. The molecule has 0 aliphatic carbocycles. The standard InChI is InChI=1S/C25H29FN6O2S/c1-15-12-22(31-25-27-14-16(2)35-25)30-23(28-15)19-8-10-32(11-9-19)24(34)21(29-17(3)33)13-18-4-6-20(26)7-5-18/h4-7,12,14,19,21H,8-11,13H2,1-3H3,(H,29,33)(H,27,28,30,31)/t21-/m1/s1. The number of carbonyl (C=O) groups is 2. The number of nitrogens with one attached hydrogen (secondary N) is 2. The van der Waals surface area contributed by atoms with Gasteiger partial charge in [0.25, 0.3) is 0 Å². The minimum absolute atomic E-state index is 0.130.